The van der Waals surface area contributed by atoms with Crippen LogP contribution in [0, 0.1) is 6.92 Å². The van der Waals surface area contributed by atoms with Crippen molar-refractivity contribution in [3.8, 4) is 0 Å². The largest absolute Gasteiger partial charge is 0.296 e. The summed E-state index contributed by atoms with van der Waals surface area (Å²) in [6, 6.07) is 8.18. The molecule has 0 radical (unpaired) electrons. The first-order valence-corrected chi connectivity index (χ1v) is 6.18. The minimum absolute atomic E-state index is 0.463. The molecule has 0 spiro atoms. The molecule has 94 valence electrons. The van der Waals surface area contributed by atoms with Crippen LogP contribution in [0.4, 0.5) is 0 Å². The SMILES string of the molecule is CCCc1c(C=O)nnn1Cc1ccccc1C. The van der Waals surface area contributed by atoms with E-state index in [1.807, 2.05) is 16.8 Å². The maximum Gasteiger partial charge on any atom is 0.172 e. The maximum atomic E-state index is 10.9. The van der Waals surface area contributed by atoms with Crippen molar-refractivity contribution in [1.82, 2.24) is 15.0 Å². The Labute approximate surface area is 107 Å². The molecule has 4 heteroatoms. The molecule has 0 aliphatic rings. The van der Waals surface area contributed by atoms with Crippen molar-refractivity contribution < 1.29 is 4.79 Å². The van der Waals surface area contributed by atoms with E-state index in [-0.39, 0.29) is 0 Å². The summed E-state index contributed by atoms with van der Waals surface area (Å²) in [6.45, 7) is 4.83. The van der Waals surface area contributed by atoms with Gasteiger partial charge in [-0.05, 0) is 24.5 Å². The minimum Gasteiger partial charge on any atom is -0.296 e. The van der Waals surface area contributed by atoms with E-state index in [1.165, 1.54) is 11.1 Å². The summed E-state index contributed by atoms with van der Waals surface area (Å²) in [5.74, 6) is 0. The van der Waals surface area contributed by atoms with Crippen LogP contribution in [0.3, 0.4) is 0 Å². The van der Waals surface area contributed by atoms with E-state index in [0.717, 1.165) is 24.8 Å². The molecule has 0 aliphatic carbocycles. The fourth-order valence-corrected chi connectivity index (χ4v) is 2.01. The van der Waals surface area contributed by atoms with Gasteiger partial charge in [0, 0.05) is 0 Å². The number of aryl methyl sites for hydroxylation is 1. The summed E-state index contributed by atoms with van der Waals surface area (Å²) < 4.78 is 1.83. The molecule has 0 aliphatic heterocycles. The van der Waals surface area contributed by atoms with Crippen LogP contribution in [0.2, 0.25) is 0 Å². The van der Waals surface area contributed by atoms with Crippen LogP contribution in [0.5, 0.6) is 0 Å². The molecule has 1 aromatic carbocycles. The van der Waals surface area contributed by atoms with Gasteiger partial charge in [0.05, 0.1) is 12.2 Å². The van der Waals surface area contributed by atoms with E-state index in [0.29, 0.717) is 12.2 Å². The van der Waals surface area contributed by atoms with Gasteiger partial charge in [0.15, 0.2) is 6.29 Å². The van der Waals surface area contributed by atoms with E-state index in [4.69, 9.17) is 0 Å². The quantitative estimate of drug-likeness (QED) is 0.758. The van der Waals surface area contributed by atoms with Crippen LogP contribution >= 0.6 is 0 Å². The number of aromatic nitrogens is 3. The van der Waals surface area contributed by atoms with Crippen molar-refractivity contribution in [2.24, 2.45) is 0 Å². The number of aldehydes is 1. The molecular weight excluding hydrogens is 226 g/mol. The first-order chi connectivity index (χ1) is 8.76. The topological polar surface area (TPSA) is 47.8 Å². The van der Waals surface area contributed by atoms with E-state index in [1.54, 1.807) is 0 Å². The summed E-state index contributed by atoms with van der Waals surface area (Å²) in [6.07, 6.45) is 2.58. The number of hydrogen-bond donors (Lipinski definition) is 0. The van der Waals surface area contributed by atoms with Gasteiger partial charge in [0.2, 0.25) is 0 Å². The average Bonchev–Trinajstić information content (AvgIpc) is 2.75. The number of rotatable bonds is 5. The summed E-state index contributed by atoms with van der Waals surface area (Å²) >= 11 is 0. The summed E-state index contributed by atoms with van der Waals surface area (Å²) in [5, 5.41) is 8.00. The molecule has 18 heavy (non-hydrogen) atoms. The Kier molecular flexibility index (Phi) is 3.87. The second-order valence-electron chi connectivity index (χ2n) is 4.37. The van der Waals surface area contributed by atoms with Gasteiger partial charge in [-0.1, -0.05) is 42.8 Å². The van der Waals surface area contributed by atoms with Crippen molar-refractivity contribution in [3.05, 3.63) is 46.8 Å². The van der Waals surface area contributed by atoms with Crippen LogP contribution in [0.1, 0.15) is 40.7 Å². The fourth-order valence-electron chi connectivity index (χ4n) is 2.01. The molecule has 1 aromatic heterocycles. The van der Waals surface area contributed by atoms with Gasteiger partial charge >= 0.3 is 0 Å². The number of nitrogens with zero attached hydrogens (tertiary/aromatic N) is 3. The summed E-state index contributed by atoms with van der Waals surface area (Å²) in [4.78, 5) is 10.9. The Morgan fingerprint density at radius 2 is 2.11 bits per heavy atom. The number of carbonyl (C=O) groups excluding carboxylic acids is 1. The van der Waals surface area contributed by atoms with Crippen LogP contribution in [-0.4, -0.2) is 21.3 Å². The van der Waals surface area contributed by atoms with Crippen LogP contribution in [-0.2, 0) is 13.0 Å². The van der Waals surface area contributed by atoms with Gasteiger partial charge in [-0.25, -0.2) is 4.68 Å². The van der Waals surface area contributed by atoms with Crippen molar-refractivity contribution in [2.45, 2.75) is 33.2 Å². The Morgan fingerprint density at radius 3 is 2.78 bits per heavy atom. The minimum atomic E-state index is 0.463. The first kappa shape index (κ1) is 12.5. The zero-order chi connectivity index (χ0) is 13.0. The molecule has 0 bridgehead atoms. The lowest BCUT2D eigenvalue weighted by atomic mass is 10.1. The summed E-state index contributed by atoms with van der Waals surface area (Å²) in [5.41, 5.74) is 3.82. The second kappa shape index (κ2) is 5.58. The Hall–Kier alpha value is -1.97. The van der Waals surface area contributed by atoms with Gasteiger partial charge in [-0.15, -0.1) is 5.10 Å². The van der Waals surface area contributed by atoms with Crippen molar-refractivity contribution in [1.29, 1.82) is 0 Å². The lowest BCUT2D eigenvalue weighted by Gasteiger charge is -2.08. The van der Waals surface area contributed by atoms with Gasteiger partial charge in [0.1, 0.15) is 5.69 Å². The normalized spacial score (nSPS) is 10.6. The fraction of sp³-hybridized carbons (Fsp3) is 0.357. The molecule has 1 heterocycles. The first-order valence-electron chi connectivity index (χ1n) is 6.18. The van der Waals surface area contributed by atoms with Crippen molar-refractivity contribution in [3.63, 3.8) is 0 Å². The molecule has 0 saturated heterocycles. The Balaban J connectivity index is 2.31. The van der Waals surface area contributed by atoms with E-state index in [9.17, 15) is 4.79 Å². The number of carbonyl (C=O) groups is 1. The van der Waals surface area contributed by atoms with Gasteiger partial charge < -0.3 is 0 Å². The molecule has 0 unspecified atom stereocenters. The second-order valence-corrected chi connectivity index (χ2v) is 4.37. The molecule has 0 saturated carbocycles. The third-order valence-electron chi connectivity index (χ3n) is 3.05. The molecular formula is C14H17N3O. The van der Waals surface area contributed by atoms with Crippen LogP contribution in [0.25, 0.3) is 0 Å². The molecule has 2 rings (SSSR count). The molecule has 0 amide bonds. The van der Waals surface area contributed by atoms with Gasteiger partial charge in [0.25, 0.3) is 0 Å². The van der Waals surface area contributed by atoms with Crippen LogP contribution in [0.15, 0.2) is 24.3 Å². The zero-order valence-corrected chi connectivity index (χ0v) is 10.8. The van der Waals surface area contributed by atoms with E-state index >= 15 is 0 Å². The third kappa shape index (κ3) is 2.47. The van der Waals surface area contributed by atoms with Crippen molar-refractivity contribution >= 4 is 6.29 Å². The zero-order valence-electron chi connectivity index (χ0n) is 10.8. The third-order valence-corrected chi connectivity index (χ3v) is 3.05. The predicted molar refractivity (Wildman–Crippen MR) is 69.7 cm³/mol. The molecule has 0 N–H and O–H groups in total. The highest BCUT2D eigenvalue weighted by atomic mass is 16.1. The van der Waals surface area contributed by atoms with E-state index in [2.05, 4.69) is 36.3 Å². The number of benzene rings is 1. The standard InChI is InChI=1S/C14H17N3O/c1-3-6-14-13(10-18)15-16-17(14)9-12-8-5-4-7-11(12)2/h4-5,7-8,10H,3,6,9H2,1-2H3. The van der Waals surface area contributed by atoms with Crippen molar-refractivity contribution in [2.75, 3.05) is 0 Å². The highest BCUT2D eigenvalue weighted by molar-refractivity contribution is 5.73. The average molecular weight is 243 g/mol. The highest BCUT2D eigenvalue weighted by Gasteiger charge is 2.12. The molecule has 0 fully saturated rings. The Morgan fingerprint density at radius 1 is 1.33 bits per heavy atom. The smallest absolute Gasteiger partial charge is 0.172 e. The maximum absolute atomic E-state index is 10.9. The molecule has 2 aromatic rings. The van der Waals surface area contributed by atoms with Gasteiger partial charge in [-0.3, -0.25) is 4.79 Å². The lowest BCUT2D eigenvalue weighted by Crippen LogP contribution is -2.08. The Bertz CT molecular complexity index is 546. The molecule has 4 nitrogen and oxygen atoms in total. The van der Waals surface area contributed by atoms with Crippen LogP contribution < -0.4 is 0 Å². The highest BCUT2D eigenvalue weighted by Crippen LogP contribution is 2.12. The summed E-state index contributed by atoms with van der Waals surface area (Å²) in [7, 11) is 0. The van der Waals surface area contributed by atoms with E-state index < -0.39 is 0 Å². The number of hydrogen-bond acceptors (Lipinski definition) is 3. The lowest BCUT2D eigenvalue weighted by molar-refractivity contribution is 0.111. The van der Waals surface area contributed by atoms with Gasteiger partial charge in [-0.2, -0.15) is 0 Å². The monoisotopic (exact) mass is 243 g/mol. The predicted octanol–water partition coefficient (Wildman–Crippen LogP) is 2.40. The molecule has 0 atom stereocenters.